The zero-order valence-electron chi connectivity index (χ0n) is 13.5. The van der Waals surface area contributed by atoms with Gasteiger partial charge in [0.15, 0.2) is 0 Å². The van der Waals surface area contributed by atoms with E-state index in [4.69, 9.17) is 5.26 Å². The van der Waals surface area contributed by atoms with E-state index in [0.717, 1.165) is 31.2 Å². The summed E-state index contributed by atoms with van der Waals surface area (Å²) in [6.07, 6.45) is 4.14. The maximum absolute atomic E-state index is 12.6. The Labute approximate surface area is 146 Å². The molecule has 2 aliphatic rings. The first-order valence-electron chi connectivity index (χ1n) is 8.34. The van der Waals surface area contributed by atoms with E-state index in [2.05, 4.69) is 11.4 Å². The van der Waals surface area contributed by atoms with Crippen LogP contribution in [0.25, 0.3) is 0 Å². The van der Waals surface area contributed by atoms with E-state index in [9.17, 15) is 9.59 Å². The Morgan fingerprint density at radius 2 is 2.12 bits per heavy atom. The number of hydrogen-bond acceptors (Lipinski definition) is 4. The van der Waals surface area contributed by atoms with Crippen LogP contribution in [0.2, 0.25) is 0 Å². The molecule has 2 amide bonds. The van der Waals surface area contributed by atoms with Gasteiger partial charge in [-0.15, -0.1) is 11.8 Å². The maximum atomic E-state index is 12.6. The summed E-state index contributed by atoms with van der Waals surface area (Å²) in [4.78, 5) is 26.9. The van der Waals surface area contributed by atoms with E-state index >= 15 is 0 Å². The number of benzene rings is 1. The summed E-state index contributed by atoms with van der Waals surface area (Å²) in [6, 6.07) is 8.92. The lowest BCUT2D eigenvalue weighted by atomic mass is 10.1. The predicted octanol–water partition coefficient (Wildman–Crippen LogP) is 2.27. The Bertz CT molecular complexity index is 664. The van der Waals surface area contributed by atoms with Crippen LogP contribution in [0, 0.1) is 17.2 Å². The van der Waals surface area contributed by atoms with Crippen molar-refractivity contribution >= 4 is 23.6 Å². The van der Waals surface area contributed by atoms with Crippen molar-refractivity contribution in [2.24, 2.45) is 5.92 Å². The van der Waals surface area contributed by atoms with Gasteiger partial charge in [-0.2, -0.15) is 5.26 Å². The highest BCUT2D eigenvalue weighted by molar-refractivity contribution is 7.99. The molecule has 0 radical (unpaired) electrons. The maximum Gasteiger partial charge on any atom is 0.243 e. The van der Waals surface area contributed by atoms with Crippen LogP contribution >= 0.6 is 11.8 Å². The first kappa shape index (κ1) is 16.8. The minimum atomic E-state index is -0.373. The van der Waals surface area contributed by atoms with Gasteiger partial charge in [-0.3, -0.25) is 9.59 Å². The third-order valence-corrected chi connectivity index (χ3v) is 5.71. The smallest absolute Gasteiger partial charge is 0.243 e. The highest BCUT2D eigenvalue weighted by Crippen LogP contribution is 2.30. The van der Waals surface area contributed by atoms with Gasteiger partial charge in [-0.1, -0.05) is 25.0 Å². The van der Waals surface area contributed by atoms with Crippen LogP contribution in [0.1, 0.15) is 36.8 Å². The summed E-state index contributed by atoms with van der Waals surface area (Å²) < 4.78 is 0. The third-order valence-electron chi connectivity index (χ3n) is 4.70. The Kier molecular flexibility index (Phi) is 5.41. The van der Waals surface area contributed by atoms with Crippen molar-refractivity contribution in [2.75, 3.05) is 11.6 Å². The highest BCUT2D eigenvalue weighted by Gasteiger charge is 2.38. The van der Waals surface area contributed by atoms with Crippen molar-refractivity contribution in [1.29, 1.82) is 5.26 Å². The number of amides is 2. The molecule has 1 aromatic carbocycles. The number of nitrogens with zero attached hydrogens (tertiary/aromatic N) is 2. The molecule has 5 nitrogen and oxygen atoms in total. The quantitative estimate of drug-likeness (QED) is 0.910. The molecule has 3 rings (SSSR count). The van der Waals surface area contributed by atoms with Crippen LogP contribution in [0.15, 0.2) is 24.3 Å². The molecule has 0 aromatic heterocycles. The van der Waals surface area contributed by atoms with Gasteiger partial charge in [0.2, 0.25) is 11.8 Å². The molecule has 0 spiro atoms. The number of thioether (sulfide) groups is 1. The van der Waals surface area contributed by atoms with Crippen LogP contribution < -0.4 is 5.32 Å². The molecule has 1 saturated heterocycles. The Hall–Kier alpha value is -2.00. The van der Waals surface area contributed by atoms with Gasteiger partial charge in [0.25, 0.3) is 0 Å². The molecule has 0 bridgehead atoms. The van der Waals surface area contributed by atoms with Crippen LogP contribution in [0.3, 0.4) is 0 Å². The van der Waals surface area contributed by atoms with Crippen LogP contribution in [0.4, 0.5) is 0 Å². The van der Waals surface area contributed by atoms with Crippen molar-refractivity contribution in [3.05, 3.63) is 35.4 Å². The second-order valence-corrected chi connectivity index (χ2v) is 7.33. The number of nitrogens with one attached hydrogen (secondary N) is 1. The van der Waals surface area contributed by atoms with Crippen LogP contribution in [0.5, 0.6) is 0 Å². The van der Waals surface area contributed by atoms with Crippen LogP contribution in [-0.2, 0) is 16.1 Å². The van der Waals surface area contributed by atoms with Gasteiger partial charge < -0.3 is 10.2 Å². The average Bonchev–Trinajstić information content (AvgIpc) is 3.30. The first-order valence-corrected chi connectivity index (χ1v) is 9.49. The zero-order chi connectivity index (χ0) is 16.9. The summed E-state index contributed by atoms with van der Waals surface area (Å²) in [5, 5.41) is 11.8. The molecule has 1 saturated carbocycles. The van der Waals surface area contributed by atoms with E-state index in [-0.39, 0.29) is 23.8 Å². The number of rotatable bonds is 4. The van der Waals surface area contributed by atoms with Crippen molar-refractivity contribution in [3.8, 4) is 6.07 Å². The normalized spacial score (nSPS) is 20.8. The number of carbonyl (C=O) groups excluding carboxylic acids is 2. The lowest BCUT2D eigenvalue weighted by Gasteiger charge is -2.25. The van der Waals surface area contributed by atoms with E-state index in [1.165, 1.54) is 0 Å². The molecule has 1 atom stereocenters. The van der Waals surface area contributed by atoms with Crippen molar-refractivity contribution < 1.29 is 9.59 Å². The topological polar surface area (TPSA) is 73.2 Å². The van der Waals surface area contributed by atoms with E-state index in [1.807, 2.05) is 6.07 Å². The summed E-state index contributed by atoms with van der Waals surface area (Å²) in [6.45, 7) is 0.376. The molecule has 24 heavy (non-hydrogen) atoms. The number of nitriles is 1. The number of carbonyl (C=O) groups is 2. The standard InChI is InChI=1S/C18H21N3O2S/c19-9-13-4-3-5-14(8-13)10-20-17(22)16-11-24-12-21(16)18(23)15-6-1-2-7-15/h3-5,8,15-16H,1-2,6-7,10-12H2,(H,20,22). The van der Waals surface area contributed by atoms with Gasteiger partial charge >= 0.3 is 0 Å². The summed E-state index contributed by atoms with van der Waals surface area (Å²) in [5.74, 6) is 1.41. The fourth-order valence-corrected chi connectivity index (χ4v) is 4.51. The first-order chi connectivity index (χ1) is 11.7. The molecule has 1 heterocycles. The minimum Gasteiger partial charge on any atom is -0.350 e. The SMILES string of the molecule is N#Cc1cccc(CNC(=O)C2CSCN2C(=O)C2CCCC2)c1. The van der Waals surface area contributed by atoms with Gasteiger partial charge in [0, 0.05) is 18.2 Å². The fourth-order valence-electron chi connectivity index (χ4n) is 3.34. The van der Waals surface area contributed by atoms with Gasteiger partial charge in [-0.05, 0) is 30.5 Å². The summed E-state index contributed by atoms with van der Waals surface area (Å²) in [7, 11) is 0. The molecular formula is C18H21N3O2S. The molecule has 1 aliphatic heterocycles. The van der Waals surface area contributed by atoms with Gasteiger partial charge in [0.1, 0.15) is 6.04 Å². The molecule has 1 aromatic rings. The monoisotopic (exact) mass is 343 g/mol. The van der Waals surface area contributed by atoms with Gasteiger partial charge in [0.05, 0.1) is 17.5 Å². The fraction of sp³-hybridized carbons (Fsp3) is 0.500. The molecule has 126 valence electrons. The zero-order valence-corrected chi connectivity index (χ0v) is 14.3. The van der Waals surface area contributed by atoms with E-state index < -0.39 is 0 Å². The molecule has 6 heteroatoms. The Morgan fingerprint density at radius 1 is 1.33 bits per heavy atom. The van der Waals surface area contributed by atoms with Gasteiger partial charge in [-0.25, -0.2) is 0 Å². The highest BCUT2D eigenvalue weighted by atomic mass is 32.2. The van der Waals surface area contributed by atoms with E-state index in [0.29, 0.717) is 23.7 Å². The molecule has 2 fully saturated rings. The Balaban J connectivity index is 1.59. The lowest BCUT2D eigenvalue weighted by molar-refractivity contribution is -0.141. The molecule has 1 unspecified atom stereocenters. The average molecular weight is 343 g/mol. The Morgan fingerprint density at radius 3 is 2.88 bits per heavy atom. The van der Waals surface area contributed by atoms with Crippen molar-refractivity contribution in [3.63, 3.8) is 0 Å². The molecule has 1 N–H and O–H groups in total. The minimum absolute atomic E-state index is 0.103. The third kappa shape index (κ3) is 3.73. The second kappa shape index (κ2) is 7.71. The molecule has 1 aliphatic carbocycles. The number of hydrogen-bond donors (Lipinski definition) is 1. The summed E-state index contributed by atoms with van der Waals surface area (Å²) in [5.41, 5.74) is 1.47. The second-order valence-electron chi connectivity index (χ2n) is 6.34. The van der Waals surface area contributed by atoms with Crippen molar-refractivity contribution in [1.82, 2.24) is 10.2 Å². The lowest BCUT2D eigenvalue weighted by Crippen LogP contribution is -2.48. The van der Waals surface area contributed by atoms with Crippen molar-refractivity contribution in [2.45, 2.75) is 38.3 Å². The van der Waals surface area contributed by atoms with E-state index in [1.54, 1.807) is 34.9 Å². The summed E-state index contributed by atoms with van der Waals surface area (Å²) >= 11 is 1.63. The predicted molar refractivity (Wildman–Crippen MR) is 92.9 cm³/mol. The molecular weight excluding hydrogens is 322 g/mol. The van der Waals surface area contributed by atoms with Crippen LogP contribution in [-0.4, -0.2) is 34.4 Å². The largest absolute Gasteiger partial charge is 0.350 e.